The molecule has 22 heavy (non-hydrogen) atoms. The van der Waals surface area contributed by atoms with E-state index in [-0.39, 0.29) is 23.0 Å². The normalized spacial score (nSPS) is 15.2. The van der Waals surface area contributed by atoms with Gasteiger partial charge >= 0.3 is 0 Å². The van der Waals surface area contributed by atoms with E-state index >= 15 is 0 Å². The van der Waals surface area contributed by atoms with Crippen LogP contribution < -0.4 is 5.32 Å². The second-order valence-electron chi connectivity index (χ2n) is 7.68. The summed E-state index contributed by atoms with van der Waals surface area (Å²) >= 11 is 0. The summed E-state index contributed by atoms with van der Waals surface area (Å²) in [6, 6.07) is 9.58. The van der Waals surface area contributed by atoms with Crippen LogP contribution in [0.25, 0.3) is 0 Å². The van der Waals surface area contributed by atoms with Gasteiger partial charge in [0.05, 0.1) is 0 Å². The zero-order chi connectivity index (χ0) is 17.0. The van der Waals surface area contributed by atoms with Crippen LogP contribution in [-0.2, 0) is 9.22 Å². The molecule has 124 valence electrons. The lowest BCUT2D eigenvalue weighted by Crippen LogP contribution is -2.43. The quantitative estimate of drug-likeness (QED) is 0.744. The van der Waals surface area contributed by atoms with Crippen molar-refractivity contribution in [1.29, 1.82) is 0 Å². The van der Waals surface area contributed by atoms with Crippen molar-refractivity contribution in [3.8, 4) is 0 Å². The number of hydrogen-bond donors (Lipinski definition) is 1. The smallest absolute Gasteiger partial charge is 0.227 e. The van der Waals surface area contributed by atoms with Crippen LogP contribution in [0.2, 0.25) is 18.1 Å². The van der Waals surface area contributed by atoms with Gasteiger partial charge in [0.1, 0.15) is 0 Å². The third-order valence-electron chi connectivity index (χ3n) is 4.48. The molecule has 0 bridgehead atoms. The summed E-state index contributed by atoms with van der Waals surface area (Å²) in [6.45, 7) is 15.2. The Kier molecular flexibility index (Phi) is 6.38. The molecule has 0 spiro atoms. The lowest BCUT2D eigenvalue weighted by atomic mass is 10.0. The summed E-state index contributed by atoms with van der Waals surface area (Å²) in [5.74, 6) is -0.0168. The molecule has 1 N–H and O–H groups in total. The number of nitrogens with one attached hydrogen (secondary N) is 1. The molecule has 1 amide bonds. The van der Waals surface area contributed by atoms with Gasteiger partial charge in [0.2, 0.25) is 5.91 Å². The molecule has 1 aromatic carbocycles. The van der Waals surface area contributed by atoms with Crippen LogP contribution >= 0.6 is 0 Å². The molecule has 0 heterocycles. The number of carbonyl (C=O) groups excluding carboxylic acids is 1. The predicted molar refractivity (Wildman–Crippen MR) is 96.6 cm³/mol. The maximum atomic E-state index is 12.3. The number of benzene rings is 1. The van der Waals surface area contributed by atoms with Gasteiger partial charge in [-0.15, -0.1) is 0 Å². The number of anilines is 1. The topological polar surface area (TPSA) is 38.3 Å². The highest BCUT2D eigenvalue weighted by Crippen LogP contribution is 2.37. The molecule has 0 saturated heterocycles. The Labute approximate surface area is 136 Å². The first kappa shape index (κ1) is 18.9. The highest BCUT2D eigenvalue weighted by molar-refractivity contribution is 6.74. The second kappa shape index (κ2) is 7.42. The van der Waals surface area contributed by atoms with Gasteiger partial charge in [-0.05, 0) is 43.6 Å². The van der Waals surface area contributed by atoms with Crippen LogP contribution in [0.4, 0.5) is 5.69 Å². The first-order valence-corrected chi connectivity index (χ1v) is 11.0. The summed E-state index contributed by atoms with van der Waals surface area (Å²) in [6.07, 6.45) is 0.836. The molecule has 0 radical (unpaired) electrons. The molecule has 3 nitrogen and oxygen atoms in total. The van der Waals surface area contributed by atoms with Crippen molar-refractivity contribution in [2.75, 3.05) is 5.32 Å². The molecule has 0 aliphatic rings. The predicted octanol–water partition coefficient (Wildman–Crippen LogP) is 5.06. The molecule has 0 saturated carbocycles. The van der Waals surface area contributed by atoms with Crippen molar-refractivity contribution in [3.63, 3.8) is 0 Å². The summed E-state index contributed by atoms with van der Waals surface area (Å²) < 4.78 is 6.33. The molecular weight excluding hydrogens is 290 g/mol. The Morgan fingerprint density at radius 2 is 1.73 bits per heavy atom. The van der Waals surface area contributed by atoms with Crippen molar-refractivity contribution >= 4 is 19.9 Å². The van der Waals surface area contributed by atoms with E-state index in [2.05, 4.69) is 46.1 Å². The van der Waals surface area contributed by atoms with Crippen molar-refractivity contribution in [3.05, 3.63) is 30.3 Å². The molecule has 0 aliphatic carbocycles. The van der Waals surface area contributed by atoms with Crippen LogP contribution in [0.15, 0.2) is 30.3 Å². The van der Waals surface area contributed by atoms with E-state index in [0.717, 1.165) is 12.1 Å². The first-order chi connectivity index (χ1) is 10.0. The third kappa shape index (κ3) is 5.58. The van der Waals surface area contributed by atoms with E-state index in [4.69, 9.17) is 4.43 Å². The maximum Gasteiger partial charge on any atom is 0.227 e. The SMILES string of the molecule is C[C@H](C[C@@H](C)C(=O)Nc1ccccc1)O[Si](C)(C)C(C)(C)C. The van der Waals surface area contributed by atoms with Gasteiger partial charge in [-0.3, -0.25) is 4.79 Å². The summed E-state index contributed by atoms with van der Waals surface area (Å²) in [4.78, 5) is 12.3. The molecule has 0 unspecified atom stereocenters. The highest BCUT2D eigenvalue weighted by atomic mass is 28.4. The number of para-hydroxylation sites is 1. The monoisotopic (exact) mass is 321 g/mol. The molecule has 0 aromatic heterocycles. The average molecular weight is 322 g/mol. The van der Waals surface area contributed by atoms with Crippen LogP contribution in [0.3, 0.4) is 0 Å². The van der Waals surface area contributed by atoms with Gasteiger partial charge < -0.3 is 9.74 Å². The van der Waals surface area contributed by atoms with Crippen molar-refractivity contribution in [2.24, 2.45) is 5.92 Å². The van der Waals surface area contributed by atoms with Gasteiger partial charge in [0, 0.05) is 17.7 Å². The Balaban J connectivity index is 2.53. The maximum absolute atomic E-state index is 12.3. The van der Waals surface area contributed by atoms with Crippen LogP contribution in [0.1, 0.15) is 41.0 Å². The van der Waals surface area contributed by atoms with E-state index in [0.29, 0.717) is 0 Å². The first-order valence-electron chi connectivity index (χ1n) is 8.06. The minimum absolute atomic E-state index is 0.0527. The van der Waals surface area contributed by atoms with Gasteiger partial charge in [-0.2, -0.15) is 0 Å². The van der Waals surface area contributed by atoms with Gasteiger partial charge in [0.25, 0.3) is 0 Å². The Morgan fingerprint density at radius 3 is 2.23 bits per heavy atom. The van der Waals surface area contributed by atoms with Crippen LogP contribution in [-0.4, -0.2) is 20.3 Å². The lowest BCUT2D eigenvalue weighted by molar-refractivity contribution is -0.120. The van der Waals surface area contributed by atoms with Gasteiger partial charge in [-0.25, -0.2) is 0 Å². The van der Waals surface area contributed by atoms with Crippen LogP contribution in [0.5, 0.6) is 0 Å². The number of hydrogen-bond acceptors (Lipinski definition) is 2. The molecule has 2 atom stereocenters. The summed E-state index contributed by atoms with van der Waals surface area (Å²) in [5, 5.41) is 3.15. The fourth-order valence-corrected chi connectivity index (χ4v) is 3.58. The second-order valence-corrected chi connectivity index (χ2v) is 12.4. The lowest BCUT2D eigenvalue weighted by Gasteiger charge is -2.38. The average Bonchev–Trinajstić information content (AvgIpc) is 2.37. The van der Waals surface area contributed by atoms with E-state index < -0.39 is 8.32 Å². The molecular formula is C18H31NO2Si. The van der Waals surface area contributed by atoms with Gasteiger partial charge in [-0.1, -0.05) is 45.9 Å². The minimum atomic E-state index is -1.78. The highest BCUT2D eigenvalue weighted by Gasteiger charge is 2.38. The molecule has 1 rings (SSSR count). The molecule has 0 fully saturated rings. The van der Waals surface area contributed by atoms with Crippen molar-refractivity contribution in [2.45, 2.75) is 65.3 Å². The van der Waals surface area contributed by atoms with E-state index in [1.807, 2.05) is 37.3 Å². The summed E-state index contributed by atoms with van der Waals surface area (Å²) in [5.41, 5.74) is 0.845. The molecule has 1 aromatic rings. The standard InChI is InChI=1S/C18H31NO2Si/c1-14(17(20)19-16-11-9-8-10-12-16)13-15(2)21-22(6,7)18(3,4)5/h8-12,14-15H,13H2,1-7H3,(H,19,20)/t14-,15-/m1/s1. The largest absolute Gasteiger partial charge is 0.414 e. The minimum Gasteiger partial charge on any atom is -0.414 e. The molecule has 4 heteroatoms. The van der Waals surface area contributed by atoms with E-state index in [1.54, 1.807) is 0 Å². The van der Waals surface area contributed by atoms with Crippen molar-refractivity contribution in [1.82, 2.24) is 0 Å². The summed E-state index contributed by atoms with van der Waals surface area (Å²) in [7, 11) is -1.78. The number of rotatable bonds is 6. The van der Waals surface area contributed by atoms with E-state index in [1.165, 1.54) is 0 Å². The third-order valence-corrected chi connectivity index (χ3v) is 9.08. The van der Waals surface area contributed by atoms with Crippen molar-refractivity contribution < 1.29 is 9.22 Å². The van der Waals surface area contributed by atoms with E-state index in [9.17, 15) is 4.79 Å². The Hall–Kier alpha value is -1.13. The zero-order valence-corrected chi connectivity index (χ0v) is 16.1. The van der Waals surface area contributed by atoms with Gasteiger partial charge in [0.15, 0.2) is 8.32 Å². The number of carbonyl (C=O) groups is 1. The Bertz CT molecular complexity index is 480. The fourth-order valence-electron chi connectivity index (χ4n) is 2.12. The van der Waals surface area contributed by atoms with Crippen LogP contribution in [0, 0.1) is 5.92 Å². The Morgan fingerprint density at radius 1 is 1.18 bits per heavy atom. The zero-order valence-electron chi connectivity index (χ0n) is 15.1. The fraction of sp³-hybridized carbons (Fsp3) is 0.611. The molecule has 0 aliphatic heterocycles. The number of amides is 1.